The zero-order valence-corrected chi connectivity index (χ0v) is 16.0. The van der Waals surface area contributed by atoms with Gasteiger partial charge < -0.3 is 15.3 Å². The Hall–Kier alpha value is -1.81. The highest BCUT2D eigenvalue weighted by molar-refractivity contribution is 5.77. The molecule has 1 rings (SSSR count). The number of aliphatic carboxylic acids is 1. The van der Waals surface area contributed by atoms with Crippen molar-refractivity contribution in [1.29, 1.82) is 0 Å². The lowest BCUT2D eigenvalue weighted by molar-refractivity contribution is -0.138. The van der Waals surface area contributed by atoms with E-state index in [1.54, 1.807) is 6.92 Å². The highest BCUT2D eigenvalue weighted by Gasteiger charge is 2.28. The third-order valence-electron chi connectivity index (χ3n) is 3.78. The molecule has 4 heteroatoms. The first-order chi connectivity index (χ1) is 10.8. The van der Waals surface area contributed by atoms with Gasteiger partial charge in [0.25, 0.3) is 0 Å². The summed E-state index contributed by atoms with van der Waals surface area (Å²) < 4.78 is 0. The number of aliphatic hydroxyl groups excluding tert-OH is 1. The molecule has 1 unspecified atom stereocenters. The highest BCUT2D eigenvalue weighted by atomic mass is 16.4. The van der Waals surface area contributed by atoms with Gasteiger partial charge in [-0.1, -0.05) is 59.8 Å². The Labute approximate surface area is 145 Å². The van der Waals surface area contributed by atoms with Crippen molar-refractivity contribution in [2.75, 3.05) is 6.61 Å². The highest BCUT2D eigenvalue weighted by Crippen LogP contribution is 2.40. The van der Waals surface area contributed by atoms with Gasteiger partial charge in [-0.2, -0.15) is 0 Å². The van der Waals surface area contributed by atoms with E-state index in [2.05, 4.69) is 27.4 Å². The maximum absolute atomic E-state index is 11.3. The standard InChI is InChI=1S/C17H26O3.C3H6O/c1-10(15(19)20)12-8-11(16(2,3)4)9-13(14(12)18)17(5,6)7;1-2-3-4/h8-10,18H,1-7H3,(H,19,20);2,4H,1,3H2. The lowest BCUT2D eigenvalue weighted by Crippen LogP contribution is -2.19. The fraction of sp³-hybridized carbons (Fsp3) is 0.550. The van der Waals surface area contributed by atoms with Crippen LogP contribution in [0.1, 0.15) is 71.1 Å². The summed E-state index contributed by atoms with van der Waals surface area (Å²) in [4.78, 5) is 11.3. The van der Waals surface area contributed by atoms with Gasteiger partial charge in [-0.25, -0.2) is 0 Å². The Morgan fingerprint density at radius 3 is 1.92 bits per heavy atom. The summed E-state index contributed by atoms with van der Waals surface area (Å²) in [6.07, 6.45) is 1.43. The Morgan fingerprint density at radius 2 is 1.62 bits per heavy atom. The molecule has 3 N–H and O–H groups in total. The summed E-state index contributed by atoms with van der Waals surface area (Å²) in [7, 11) is 0. The number of phenolic OH excluding ortho intramolecular Hbond substituents is 1. The molecule has 1 aromatic carbocycles. The van der Waals surface area contributed by atoms with Crippen LogP contribution in [0.2, 0.25) is 0 Å². The van der Waals surface area contributed by atoms with Gasteiger partial charge in [0.2, 0.25) is 0 Å². The van der Waals surface area contributed by atoms with Crippen LogP contribution in [0.5, 0.6) is 5.75 Å². The first-order valence-corrected chi connectivity index (χ1v) is 8.09. The molecule has 0 heterocycles. The van der Waals surface area contributed by atoms with Gasteiger partial charge in [-0.05, 0) is 28.9 Å². The minimum absolute atomic E-state index is 0.0833. The van der Waals surface area contributed by atoms with Gasteiger partial charge >= 0.3 is 5.97 Å². The van der Waals surface area contributed by atoms with Gasteiger partial charge in [0.05, 0.1) is 12.5 Å². The van der Waals surface area contributed by atoms with Crippen LogP contribution in [-0.2, 0) is 15.6 Å². The van der Waals surface area contributed by atoms with Crippen LogP contribution in [0.4, 0.5) is 0 Å². The molecule has 136 valence electrons. The van der Waals surface area contributed by atoms with Crippen molar-refractivity contribution in [1.82, 2.24) is 0 Å². The summed E-state index contributed by atoms with van der Waals surface area (Å²) in [5.41, 5.74) is 2.00. The van der Waals surface area contributed by atoms with Crippen molar-refractivity contribution in [3.63, 3.8) is 0 Å². The van der Waals surface area contributed by atoms with Crippen LogP contribution in [0.3, 0.4) is 0 Å². The second kappa shape index (κ2) is 8.34. The maximum Gasteiger partial charge on any atom is 0.310 e. The molecule has 0 saturated heterocycles. The Bertz CT molecular complexity index is 575. The zero-order chi connectivity index (χ0) is 19.3. The van der Waals surface area contributed by atoms with Gasteiger partial charge in [0.15, 0.2) is 0 Å². The topological polar surface area (TPSA) is 77.8 Å². The van der Waals surface area contributed by atoms with Crippen LogP contribution in [0.15, 0.2) is 24.8 Å². The van der Waals surface area contributed by atoms with Crippen molar-refractivity contribution in [3.8, 4) is 5.75 Å². The molecule has 0 aliphatic heterocycles. The number of hydrogen-bond donors (Lipinski definition) is 3. The lowest BCUT2D eigenvalue weighted by atomic mass is 9.77. The number of phenols is 1. The first-order valence-electron chi connectivity index (χ1n) is 8.09. The molecule has 0 spiro atoms. The quantitative estimate of drug-likeness (QED) is 0.718. The van der Waals surface area contributed by atoms with Crippen LogP contribution in [0, 0.1) is 0 Å². The van der Waals surface area contributed by atoms with Gasteiger partial charge in [0.1, 0.15) is 5.75 Å². The Morgan fingerprint density at radius 1 is 1.17 bits per heavy atom. The maximum atomic E-state index is 11.3. The summed E-state index contributed by atoms with van der Waals surface area (Å²) >= 11 is 0. The molecular formula is C20H32O4. The van der Waals surface area contributed by atoms with Crippen molar-refractivity contribution in [3.05, 3.63) is 41.5 Å². The number of hydrogen-bond acceptors (Lipinski definition) is 3. The molecule has 1 atom stereocenters. The van der Waals surface area contributed by atoms with E-state index < -0.39 is 11.9 Å². The van der Waals surface area contributed by atoms with Crippen LogP contribution in [0.25, 0.3) is 0 Å². The van der Waals surface area contributed by atoms with Crippen molar-refractivity contribution in [2.45, 2.75) is 65.2 Å². The molecule has 0 saturated carbocycles. The average Bonchev–Trinajstić information content (AvgIpc) is 2.44. The third kappa shape index (κ3) is 6.00. The number of aliphatic hydroxyl groups is 1. The van der Waals surface area contributed by atoms with Crippen LogP contribution in [-0.4, -0.2) is 27.9 Å². The predicted octanol–water partition coefficient (Wildman–Crippen LogP) is 4.34. The largest absolute Gasteiger partial charge is 0.507 e. The van der Waals surface area contributed by atoms with E-state index in [4.69, 9.17) is 5.11 Å². The number of carbonyl (C=O) groups is 1. The molecule has 0 aliphatic carbocycles. The number of benzene rings is 1. The predicted molar refractivity (Wildman–Crippen MR) is 98.8 cm³/mol. The van der Waals surface area contributed by atoms with Gasteiger partial charge in [0, 0.05) is 5.56 Å². The molecule has 24 heavy (non-hydrogen) atoms. The molecule has 0 radical (unpaired) electrons. The van der Waals surface area contributed by atoms with E-state index in [9.17, 15) is 15.0 Å². The van der Waals surface area contributed by atoms with Crippen LogP contribution < -0.4 is 0 Å². The average molecular weight is 336 g/mol. The Balaban J connectivity index is 0.00000118. The molecule has 0 bridgehead atoms. The lowest BCUT2D eigenvalue weighted by Gasteiger charge is -2.28. The van der Waals surface area contributed by atoms with E-state index in [1.807, 2.05) is 32.9 Å². The second-order valence-electron chi connectivity index (χ2n) is 7.99. The minimum Gasteiger partial charge on any atom is -0.507 e. The van der Waals surface area contributed by atoms with E-state index >= 15 is 0 Å². The van der Waals surface area contributed by atoms with Crippen molar-refractivity contribution in [2.24, 2.45) is 0 Å². The van der Waals surface area contributed by atoms with Gasteiger partial charge in [-0.3, -0.25) is 4.79 Å². The third-order valence-corrected chi connectivity index (χ3v) is 3.78. The SMILES string of the molecule is C=CCO.CC(C(=O)O)c1cc(C(C)(C)C)cc(C(C)(C)C)c1O. The fourth-order valence-corrected chi connectivity index (χ4v) is 2.12. The molecule has 0 amide bonds. The number of carboxylic acids is 1. The summed E-state index contributed by atoms with van der Waals surface area (Å²) in [5, 5.41) is 27.5. The van der Waals surface area contributed by atoms with E-state index in [1.165, 1.54) is 6.08 Å². The fourth-order valence-electron chi connectivity index (χ4n) is 2.12. The van der Waals surface area contributed by atoms with Crippen LogP contribution >= 0.6 is 0 Å². The molecule has 0 aliphatic rings. The molecule has 0 aromatic heterocycles. The summed E-state index contributed by atoms with van der Waals surface area (Å²) in [6.45, 7) is 17.2. The normalized spacial score (nSPS) is 12.8. The zero-order valence-electron chi connectivity index (χ0n) is 16.0. The summed E-state index contributed by atoms with van der Waals surface area (Å²) in [6, 6.07) is 3.82. The molecule has 4 nitrogen and oxygen atoms in total. The Kier molecular flexibility index (Phi) is 7.71. The smallest absolute Gasteiger partial charge is 0.310 e. The molecular weight excluding hydrogens is 304 g/mol. The monoisotopic (exact) mass is 336 g/mol. The van der Waals surface area contributed by atoms with Crippen molar-refractivity contribution < 1.29 is 20.1 Å². The van der Waals surface area contributed by atoms with E-state index in [0.717, 1.165) is 11.1 Å². The number of carboxylic acid groups (broad SMARTS) is 1. The minimum atomic E-state index is -0.925. The van der Waals surface area contributed by atoms with E-state index in [-0.39, 0.29) is 23.2 Å². The number of rotatable bonds is 3. The summed E-state index contributed by atoms with van der Waals surface area (Å²) in [5.74, 6) is -1.54. The second-order valence-corrected chi connectivity index (χ2v) is 7.99. The van der Waals surface area contributed by atoms with Crippen molar-refractivity contribution >= 4 is 5.97 Å². The number of aromatic hydroxyl groups is 1. The van der Waals surface area contributed by atoms with E-state index in [0.29, 0.717) is 5.56 Å². The molecule has 1 aromatic rings. The first kappa shape index (κ1) is 22.2. The molecule has 0 fully saturated rings. The van der Waals surface area contributed by atoms with Gasteiger partial charge in [-0.15, -0.1) is 6.58 Å².